The third-order valence-corrected chi connectivity index (χ3v) is 2.19. The minimum Gasteiger partial charge on any atom is -0.354 e. The molecule has 0 spiro atoms. The molecule has 1 unspecified atom stereocenters. The zero-order valence-electron chi connectivity index (χ0n) is 8.12. The molecular formula is C9H13N3O2. The molecule has 1 saturated heterocycles. The lowest BCUT2D eigenvalue weighted by Gasteiger charge is -2.20. The van der Waals surface area contributed by atoms with Crippen LogP contribution in [-0.2, 0) is 9.59 Å². The lowest BCUT2D eigenvalue weighted by molar-refractivity contribution is -0.133. The fraction of sp³-hybridized carbons (Fsp3) is 0.667. The van der Waals surface area contributed by atoms with Crippen LogP contribution in [-0.4, -0.2) is 36.3 Å². The predicted octanol–water partition coefficient (Wildman–Crippen LogP) is -0.505. The minimum atomic E-state index is -0.622. The van der Waals surface area contributed by atoms with E-state index in [9.17, 15) is 9.59 Å². The standard InChI is InChI=1S/C9H13N3O2/c1-7(6-10)9(14)12-4-2-8(13)11-3-5-12/h7H,2-5H2,1H3,(H,11,13). The van der Waals surface area contributed by atoms with Crippen LogP contribution in [0.4, 0.5) is 0 Å². The van der Waals surface area contributed by atoms with Crippen LogP contribution in [0.1, 0.15) is 13.3 Å². The first-order valence-corrected chi connectivity index (χ1v) is 4.60. The number of nitriles is 1. The Bertz CT molecular complexity index is 282. The number of nitrogens with one attached hydrogen (secondary N) is 1. The van der Waals surface area contributed by atoms with Gasteiger partial charge in [-0.3, -0.25) is 9.59 Å². The molecule has 1 heterocycles. The molecule has 2 amide bonds. The molecule has 0 radical (unpaired) electrons. The van der Waals surface area contributed by atoms with E-state index in [2.05, 4.69) is 5.32 Å². The Morgan fingerprint density at radius 3 is 3.00 bits per heavy atom. The molecule has 0 aliphatic carbocycles. The smallest absolute Gasteiger partial charge is 0.239 e. The van der Waals surface area contributed by atoms with Crippen LogP contribution in [0.2, 0.25) is 0 Å². The van der Waals surface area contributed by atoms with E-state index < -0.39 is 5.92 Å². The number of amides is 2. The summed E-state index contributed by atoms with van der Waals surface area (Å²) in [6, 6.07) is 1.90. The molecule has 0 bridgehead atoms. The highest BCUT2D eigenvalue weighted by Crippen LogP contribution is 2.04. The normalized spacial score (nSPS) is 19.1. The van der Waals surface area contributed by atoms with Gasteiger partial charge in [0.1, 0.15) is 5.92 Å². The fourth-order valence-corrected chi connectivity index (χ4v) is 1.32. The summed E-state index contributed by atoms with van der Waals surface area (Å²) < 4.78 is 0. The largest absolute Gasteiger partial charge is 0.354 e. The summed E-state index contributed by atoms with van der Waals surface area (Å²) >= 11 is 0. The highest BCUT2D eigenvalue weighted by molar-refractivity contribution is 5.82. The van der Waals surface area contributed by atoms with Crippen LogP contribution >= 0.6 is 0 Å². The summed E-state index contributed by atoms with van der Waals surface area (Å²) in [7, 11) is 0. The second kappa shape index (κ2) is 4.61. The summed E-state index contributed by atoms with van der Waals surface area (Å²) in [6.07, 6.45) is 0.323. The maximum atomic E-state index is 11.6. The summed E-state index contributed by atoms with van der Waals surface area (Å²) in [5, 5.41) is 11.2. The van der Waals surface area contributed by atoms with Gasteiger partial charge in [0.2, 0.25) is 11.8 Å². The van der Waals surface area contributed by atoms with Crippen molar-refractivity contribution in [2.45, 2.75) is 13.3 Å². The molecule has 76 valence electrons. The number of carbonyl (C=O) groups excluding carboxylic acids is 2. The van der Waals surface area contributed by atoms with E-state index in [4.69, 9.17) is 5.26 Å². The van der Waals surface area contributed by atoms with E-state index in [-0.39, 0.29) is 11.8 Å². The summed E-state index contributed by atoms with van der Waals surface area (Å²) in [4.78, 5) is 24.1. The summed E-state index contributed by atoms with van der Waals surface area (Å²) in [5.74, 6) is -0.850. The zero-order valence-corrected chi connectivity index (χ0v) is 8.12. The maximum Gasteiger partial charge on any atom is 0.239 e. The van der Waals surface area contributed by atoms with Gasteiger partial charge in [-0.2, -0.15) is 5.26 Å². The third-order valence-electron chi connectivity index (χ3n) is 2.19. The molecule has 1 rings (SSSR count). The summed E-state index contributed by atoms with van der Waals surface area (Å²) in [5.41, 5.74) is 0. The van der Waals surface area contributed by atoms with E-state index in [1.807, 2.05) is 6.07 Å². The molecule has 1 fully saturated rings. The SMILES string of the molecule is CC(C#N)C(=O)N1CCNC(=O)CC1. The molecule has 5 nitrogen and oxygen atoms in total. The van der Waals surface area contributed by atoms with Crippen LogP contribution in [0.15, 0.2) is 0 Å². The predicted molar refractivity (Wildman–Crippen MR) is 49.0 cm³/mol. The Hall–Kier alpha value is -1.57. The minimum absolute atomic E-state index is 0.0371. The van der Waals surface area contributed by atoms with E-state index in [0.29, 0.717) is 26.1 Å². The first-order valence-electron chi connectivity index (χ1n) is 4.60. The van der Waals surface area contributed by atoms with Crippen LogP contribution < -0.4 is 5.32 Å². The second-order valence-corrected chi connectivity index (χ2v) is 3.28. The van der Waals surface area contributed by atoms with Crippen LogP contribution in [0.3, 0.4) is 0 Å². The average Bonchev–Trinajstić information content (AvgIpc) is 2.40. The lowest BCUT2D eigenvalue weighted by Crippen LogP contribution is -2.37. The van der Waals surface area contributed by atoms with Crippen molar-refractivity contribution in [3.05, 3.63) is 0 Å². The maximum absolute atomic E-state index is 11.6. The van der Waals surface area contributed by atoms with Gasteiger partial charge in [0, 0.05) is 26.1 Å². The van der Waals surface area contributed by atoms with Gasteiger partial charge in [-0.05, 0) is 6.92 Å². The van der Waals surface area contributed by atoms with Gasteiger partial charge in [-0.25, -0.2) is 0 Å². The molecule has 1 aliphatic heterocycles. The first-order chi connectivity index (χ1) is 6.65. The van der Waals surface area contributed by atoms with Gasteiger partial charge < -0.3 is 10.2 Å². The number of rotatable bonds is 1. The Balaban J connectivity index is 2.56. The topological polar surface area (TPSA) is 73.2 Å². The Labute approximate surface area is 82.7 Å². The Morgan fingerprint density at radius 1 is 1.64 bits per heavy atom. The van der Waals surface area contributed by atoms with Gasteiger partial charge in [-0.1, -0.05) is 0 Å². The number of hydrogen-bond donors (Lipinski definition) is 1. The van der Waals surface area contributed by atoms with E-state index >= 15 is 0 Å². The molecule has 0 aromatic carbocycles. The molecule has 1 atom stereocenters. The van der Waals surface area contributed by atoms with E-state index in [0.717, 1.165) is 0 Å². The number of nitrogens with zero attached hydrogens (tertiary/aromatic N) is 2. The van der Waals surface area contributed by atoms with Crippen molar-refractivity contribution in [1.29, 1.82) is 5.26 Å². The van der Waals surface area contributed by atoms with Gasteiger partial charge in [0.25, 0.3) is 0 Å². The lowest BCUT2D eigenvalue weighted by atomic mass is 10.2. The van der Waals surface area contributed by atoms with Crippen LogP contribution in [0.25, 0.3) is 0 Å². The van der Waals surface area contributed by atoms with Crippen molar-refractivity contribution in [3.8, 4) is 6.07 Å². The Morgan fingerprint density at radius 2 is 2.36 bits per heavy atom. The highest BCUT2D eigenvalue weighted by Gasteiger charge is 2.22. The van der Waals surface area contributed by atoms with Gasteiger partial charge in [0.05, 0.1) is 6.07 Å². The van der Waals surface area contributed by atoms with Crippen LogP contribution in [0, 0.1) is 17.2 Å². The molecule has 1 N–H and O–H groups in total. The molecule has 14 heavy (non-hydrogen) atoms. The van der Waals surface area contributed by atoms with Crippen molar-refractivity contribution in [3.63, 3.8) is 0 Å². The quantitative estimate of drug-likeness (QED) is 0.612. The third kappa shape index (κ3) is 2.46. The highest BCUT2D eigenvalue weighted by atomic mass is 16.2. The van der Waals surface area contributed by atoms with Gasteiger partial charge in [0.15, 0.2) is 0 Å². The molecule has 5 heteroatoms. The van der Waals surface area contributed by atoms with E-state index in [1.165, 1.54) is 0 Å². The van der Waals surface area contributed by atoms with Crippen molar-refractivity contribution in [2.24, 2.45) is 5.92 Å². The van der Waals surface area contributed by atoms with E-state index in [1.54, 1.807) is 11.8 Å². The van der Waals surface area contributed by atoms with Gasteiger partial charge >= 0.3 is 0 Å². The number of hydrogen-bond acceptors (Lipinski definition) is 3. The van der Waals surface area contributed by atoms with Crippen molar-refractivity contribution in [1.82, 2.24) is 10.2 Å². The monoisotopic (exact) mass is 195 g/mol. The van der Waals surface area contributed by atoms with Crippen molar-refractivity contribution in [2.75, 3.05) is 19.6 Å². The molecule has 0 aromatic rings. The molecular weight excluding hydrogens is 182 g/mol. The van der Waals surface area contributed by atoms with Crippen molar-refractivity contribution < 1.29 is 9.59 Å². The zero-order chi connectivity index (χ0) is 10.6. The fourth-order valence-electron chi connectivity index (χ4n) is 1.32. The van der Waals surface area contributed by atoms with Crippen molar-refractivity contribution >= 4 is 11.8 Å². The molecule has 0 aromatic heterocycles. The Kier molecular flexibility index (Phi) is 3.46. The number of carbonyl (C=O) groups is 2. The second-order valence-electron chi connectivity index (χ2n) is 3.28. The average molecular weight is 195 g/mol. The van der Waals surface area contributed by atoms with Crippen LogP contribution in [0.5, 0.6) is 0 Å². The van der Waals surface area contributed by atoms with Gasteiger partial charge in [-0.15, -0.1) is 0 Å². The summed E-state index contributed by atoms with van der Waals surface area (Å²) in [6.45, 7) is 2.96. The molecule has 0 saturated carbocycles. The molecule has 1 aliphatic rings. The first kappa shape index (κ1) is 10.5.